The Morgan fingerprint density at radius 2 is 2.05 bits per heavy atom. The Balaban J connectivity index is 1.99. The van der Waals surface area contributed by atoms with Crippen molar-refractivity contribution in [2.75, 3.05) is 11.4 Å². The van der Waals surface area contributed by atoms with Crippen molar-refractivity contribution in [3.05, 3.63) is 30.5 Å². The van der Waals surface area contributed by atoms with E-state index in [1.54, 1.807) is 13.1 Å². The molecule has 1 fully saturated rings. The number of hydrogen-bond donors (Lipinski definition) is 0. The SMILES string of the molecule is CC(=O)C1CCCCN1c1cnc2ccccc2n1. The summed E-state index contributed by atoms with van der Waals surface area (Å²) in [4.78, 5) is 22.9. The second-order valence-corrected chi connectivity index (χ2v) is 5.03. The highest BCUT2D eigenvalue weighted by molar-refractivity contribution is 5.85. The maximum absolute atomic E-state index is 11.8. The van der Waals surface area contributed by atoms with Crippen molar-refractivity contribution < 1.29 is 4.79 Å². The molecular formula is C15H17N3O. The highest BCUT2D eigenvalue weighted by Crippen LogP contribution is 2.24. The van der Waals surface area contributed by atoms with Gasteiger partial charge in [0, 0.05) is 6.54 Å². The van der Waals surface area contributed by atoms with Crippen molar-refractivity contribution in [1.29, 1.82) is 0 Å². The first-order valence-electron chi connectivity index (χ1n) is 6.74. The van der Waals surface area contributed by atoms with Gasteiger partial charge in [-0.25, -0.2) is 4.98 Å². The molecule has 0 aliphatic carbocycles. The number of benzene rings is 1. The van der Waals surface area contributed by atoms with Gasteiger partial charge in [-0.1, -0.05) is 12.1 Å². The molecule has 1 saturated heterocycles. The Morgan fingerprint density at radius 3 is 2.84 bits per heavy atom. The van der Waals surface area contributed by atoms with Gasteiger partial charge in [-0.3, -0.25) is 9.78 Å². The summed E-state index contributed by atoms with van der Waals surface area (Å²) in [5, 5.41) is 0. The second kappa shape index (κ2) is 4.96. The molecule has 1 unspecified atom stereocenters. The van der Waals surface area contributed by atoms with Crippen LogP contribution in [0.3, 0.4) is 0 Å². The zero-order valence-electron chi connectivity index (χ0n) is 11.0. The molecule has 1 aliphatic rings. The Kier molecular flexibility index (Phi) is 3.15. The average Bonchev–Trinajstić information content (AvgIpc) is 2.46. The van der Waals surface area contributed by atoms with Crippen molar-refractivity contribution in [2.45, 2.75) is 32.2 Å². The van der Waals surface area contributed by atoms with Crippen LogP contribution in [0.15, 0.2) is 30.5 Å². The number of Topliss-reactive ketones (excluding diaryl/α,β-unsaturated/α-hetero) is 1. The molecule has 0 N–H and O–H groups in total. The predicted molar refractivity (Wildman–Crippen MR) is 75.2 cm³/mol. The average molecular weight is 255 g/mol. The van der Waals surface area contributed by atoms with Crippen LogP contribution in [0.25, 0.3) is 11.0 Å². The van der Waals surface area contributed by atoms with E-state index in [1.807, 2.05) is 24.3 Å². The molecule has 3 rings (SSSR count). The van der Waals surface area contributed by atoms with E-state index in [-0.39, 0.29) is 11.8 Å². The Hall–Kier alpha value is -1.97. The molecule has 19 heavy (non-hydrogen) atoms. The van der Waals surface area contributed by atoms with Crippen molar-refractivity contribution in [3.63, 3.8) is 0 Å². The van der Waals surface area contributed by atoms with E-state index in [0.29, 0.717) is 0 Å². The molecule has 0 radical (unpaired) electrons. The van der Waals surface area contributed by atoms with E-state index in [9.17, 15) is 4.79 Å². The Bertz CT molecular complexity index is 611. The lowest BCUT2D eigenvalue weighted by molar-refractivity contribution is -0.118. The number of carbonyl (C=O) groups excluding carboxylic acids is 1. The zero-order chi connectivity index (χ0) is 13.2. The number of ketones is 1. The zero-order valence-corrected chi connectivity index (χ0v) is 11.0. The van der Waals surface area contributed by atoms with Gasteiger partial charge in [0.2, 0.25) is 0 Å². The molecular weight excluding hydrogens is 238 g/mol. The Morgan fingerprint density at radius 1 is 1.26 bits per heavy atom. The van der Waals surface area contributed by atoms with Crippen LogP contribution in [0.5, 0.6) is 0 Å². The topological polar surface area (TPSA) is 46.1 Å². The van der Waals surface area contributed by atoms with Crippen LogP contribution >= 0.6 is 0 Å². The van der Waals surface area contributed by atoms with Gasteiger partial charge in [-0.2, -0.15) is 0 Å². The molecule has 1 aromatic carbocycles. The lowest BCUT2D eigenvalue weighted by Crippen LogP contribution is -2.44. The first-order valence-corrected chi connectivity index (χ1v) is 6.74. The van der Waals surface area contributed by atoms with Gasteiger partial charge >= 0.3 is 0 Å². The summed E-state index contributed by atoms with van der Waals surface area (Å²) in [5.41, 5.74) is 1.77. The maximum Gasteiger partial charge on any atom is 0.152 e. The van der Waals surface area contributed by atoms with E-state index in [2.05, 4.69) is 14.9 Å². The van der Waals surface area contributed by atoms with Crippen LogP contribution in [0.2, 0.25) is 0 Å². The molecule has 2 heterocycles. The summed E-state index contributed by atoms with van der Waals surface area (Å²) < 4.78 is 0. The number of anilines is 1. The maximum atomic E-state index is 11.8. The molecule has 4 heteroatoms. The largest absolute Gasteiger partial charge is 0.345 e. The first kappa shape index (κ1) is 12.1. The molecule has 1 aromatic heterocycles. The minimum Gasteiger partial charge on any atom is -0.345 e. The first-order chi connectivity index (χ1) is 9.25. The monoisotopic (exact) mass is 255 g/mol. The summed E-state index contributed by atoms with van der Waals surface area (Å²) in [6.45, 7) is 2.55. The summed E-state index contributed by atoms with van der Waals surface area (Å²) in [6, 6.07) is 7.78. The fraction of sp³-hybridized carbons (Fsp3) is 0.400. The minimum atomic E-state index is -0.0378. The van der Waals surface area contributed by atoms with Crippen LogP contribution in [0.4, 0.5) is 5.82 Å². The third kappa shape index (κ3) is 2.30. The van der Waals surface area contributed by atoms with E-state index >= 15 is 0 Å². The third-order valence-electron chi connectivity index (χ3n) is 3.70. The number of hydrogen-bond acceptors (Lipinski definition) is 4. The lowest BCUT2D eigenvalue weighted by atomic mass is 9.99. The third-order valence-corrected chi connectivity index (χ3v) is 3.70. The molecule has 0 bridgehead atoms. The van der Waals surface area contributed by atoms with Crippen LogP contribution in [0, 0.1) is 0 Å². The number of nitrogens with zero attached hydrogens (tertiary/aromatic N) is 3. The molecule has 1 aliphatic heterocycles. The molecule has 98 valence electrons. The van der Waals surface area contributed by atoms with Gasteiger partial charge in [0.25, 0.3) is 0 Å². The van der Waals surface area contributed by atoms with Gasteiger partial charge in [0.15, 0.2) is 5.78 Å². The second-order valence-electron chi connectivity index (χ2n) is 5.03. The van der Waals surface area contributed by atoms with E-state index in [1.165, 1.54) is 0 Å². The molecule has 1 atom stereocenters. The fourth-order valence-corrected chi connectivity index (χ4v) is 2.71. The number of fused-ring (bicyclic) bond motifs is 1. The number of piperidine rings is 1. The Labute approximate surface area is 112 Å². The number of carbonyl (C=O) groups is 1. The van der Waals surface area contributed by atoms with Crippen molar-refractivity contribution in [3.8, 4) is 0 Å². The molecule has 0 saturated carbocycles. The quantitative estimate of drug-likeness (QED) is 0.827. The summed E-state index contributed by atoms with van der Waals surface area (Å²) >= 11 is 0. The van der Waals surface area contributed by atoms with Gasteiger partial charge in [-0.05, 0) is 38.3 Å². The van der Waals surface area contributed by atoms with E-state index in [0.717, 1.165) is 42.7 Å². The molecule has 4 nitrogen and oxygen atoms in total. The summed E-state index contributed by atoms with van der Waals surface area (Å²) in [6.07, 6.45) is 4.92. The molecule has 0 amide bonds. The number of rotatable bonds is 2. The fourth-order valence-electron chi connectivity index (χ4n) is 2.71. The van der Waals surface area contributed by atoms with E-state index < -0.39 is 0 Å². The molecule has 2 aromatic rings. The van der Waals surface area contributed by atoms with Crippen LogP contribution in [0.1, 0.15) is 26.2 Å². The smallest absolute Gasteiger partial charge is 0.152 e. The van der Waals surface area contributed by atoms with Crippen LogP contribution in [-0.2, 0) is 4.79 Å². The van der Waals surface area contributed by atoms with Crippen molar-refractivity contribution in [1.82, 2.24) is 9.97 Å². The van der Waals surface area contributed by atoms with Crippen molar-refractivity contribution >= 4 is 22.6 Å². The van der Waals surface area contributed by atoms with Gasteiger partial charge in [0.05, 0.1) is 23.3 Å². The minimum absolute atomic E-state index is 0.0378. The van der Waals surface area contributed by atoms with Crippen LogP contribution < -0.4 is 4.90 Å². The van der Waals surface area contributed by atoms with Crippen LogP contribution in [-0.4, -0.2) is 28.3 Å². The number of para-hydroxylation sites is 2. The van der Waals surface area contributed by atoms with Gasteiger partial charge < -0.3 is 4.90 Å². The highest BCUT2D eigenvalue weighted by Gasteiger charge is 2.27. The van der Waals surface area contributed by atoms with Gasteiger partial charge in [-0.15, -0.1) is 0 Å². The standard InChI is InChI=1S/C15H17N3O/c1-11(19)14-8-4-5-9-18(14)15-10-16-12-6-2-3-7-13(12)17-15/h2-3,6-7,10,14H,4-5,8-9H2,1H3. The highest BCUT2D eigenvalue weighted by atomic mass is 16.1. The lowest BCUT2D eigenvalue weighted by Gasteiger charge is -2.34. The molecule has 0 spiro atoms. The summed E-state index contributed by atoms with van der Waals surface area (Å²) in [7, 11) is 0. The summed E-state index contributed by atoms with van der Waals surface area (Å²) in [5.74, 6) is 1.04. The normalized spacial score (nSPS) is 19.6. The van der Waals surface area contributed by atoms with Crippen molar-refractivity contribution in [2.24, 2.45) is 0 Å². The predicted octanol–water partition coefficient (Wildman–Crippen LogP) is 2.58. The van der Waals surface area contributed by atoms with Gasteiger partial charge in [0.1, 0.15) is 5.82 Å². The van der Waals surface area contributed by atoms with E-state index in [4.69, 9.17) is 0 Å². The number of aromatic nitrogens is 2.